The second-order valence-electron chi connectivity index (χ2n) is 3.46. The van der Waals surface area contributed by atoms with Crippen LogP contribution >= 0.6 is 0 Å². The Hall–Kier alpha value is -0.830. The van der Waals surface area contributed by atoms with Gasteiger partial charge in [0.15, 0.2) is 0 Å². The van der Waals surface area contributed by atoms with Gasteiger partial charge in [-0.2, -0.15) is 5.10 Å². The molecule has 13 heavy (non-hydrogen) atoms. The molecule has 0 aliphatic carbocycles. The number of nitrogens with one attached hydrogen (secondary N) is 1. The third kappa shape index (κ3) is 2.31. The Morgan fingerprint density at radius 3 is 2.69 bits per heavy atom. The molecule has 0 aromatic carbocycles. The molecule has 3 heteroatoms. The fourth-order valence-corrected chi connectivity index (χ4v) is 1.69. The Bertz CT molecular complexity index is 265. The van der Waals surface area contributed by atoms with Gasteiger partial charge in [0.1, 0.15) is 0 Å². The van der Waals surface area contributed by atoms with Crippen LogP contribution in [0.2, 0.25) is 0 Å². The molecular formula is C10H19N3. The van der Waals surface area contributed by atoms with Crippen molar-refractivity contribution in [3.05, 3.63) is 17.5 Å². The first kappa shape index (κ1) is 10.3. The summed E-state index contributed by atoms with van der Waals surface area (Å²) in [4.78, 5) is 0. The minimum atomic E-state index is 0.441. The fraction of sp³-hybridized carbons (Fsp3) is 0.700. The number of hydrogen-bond acceptors (Lipinski definition) is 2. The van der Waals surface area contributed by atoms with E-state index in [2.05, 4.69) is 23.4 Å². The maximum atomic E-state index is 4.34. The van der Waals surface area contributed by atoms with Crippen molar-refractivity contribution in [2.45, 2.75) is 32.7 Å². The van der Waals surface area contributed by atoms with Crippen LogP contribution in [-0.4, -0.2) is 16.8 Å². The molecule has 0 spiro atoms. The van der Waals surface area contributed by atoms with Crippen molar-refractivity contribution in [1.29, 1.82) is 0 Å². The molecule has 1 aromatic rings. The molecule has 0 bridgehead atoms. The van der Waals surface area contributed by atoms with Gasteiger partial charge in [-0.3, -0.25) is 4.68 Å². The molecule has 1 N–H and O–H groups in total. The van der Waals surface area contributed by atoms with Gasteiger partial charge in [0.2, 0.25) is 0 Å². The Labute approximate surface area is 80.1 Å². The van der Waals surface area contributed by atoms with Crippen LogP contribution in [0, 0.1) is 6.92 Å². The lowest BCUT2D eigenvalue weighted by atomic mass is 10.1. The lowest BCUT2D eigenvalue weighted by molar-refractivity contribution is 0.500. The Balaban J connectivity index is 2.83. The molecule has 0 radical (unpaired) electrons. The van der Waals surface area contributed by atoms with Crippen molar-refractivity contribution >= 4 is 0 Å². The molecular weight excluding hydrogens is 162 g/mol. The second kappa shape index (κ2) is 4.42. The van der Waals surface area contributed by atoms with Gasteiger partial charge in [-0.15, -0.1) is 0 Å². The molecule has 1 rings (SSSR count). The van der Waals surface area contributed by atoms with E-state index in [1.54, 1.807) is 0 Å². The number of aryl methyl sites for hydroxylation is 2. The van der Waals surface area contributed by atoms with Crippen molar-refractivity contribution < 1.29 is 0 Å². The van der Waals surface area contributed by atoms with E-state index < -0.39 is 0 Å². The van der Waals surface area contributed by atoms with Crippen LogP contribution < -0.4 is 5.32 Å². The third-order valence-electron chi connectivity index (χ3n) is 2.32. The first-order valence-electron chi connectivity index (χ1n) is 4.86. The zero-order chi connectivity index (χ0) is 9.84. The lowest BCUT2D eigenvalue weighted by Gasteiger charge is -2.14. The second-order valence-corrected chi connectivity index (χ2v) is 3.46. The van der Waals surface area contributed by atoms with E-state index >= 15 is 0 Å². The summed E-state index contributed by atoms with van der Waals surface area (Å²) >= 11 is 0. The summed E-state index contributed by atoms with van der Waals surface area (Å²) in [7, 11) is 4.00. The van der Waals surface area contributed by atoms with E-state index in [-0.39, 0.29) is 0 Å². The van der Waals surface area contributed by atoms with E-state index in [1.807, 2.05) is 25.7 Å². The Morgan fingerprint density at radius 1 is 1.62 bits per heavy atom. The SMILES string of the molecule is CCCC(NC)c1cc(C)nn1C. The van der Waals surface area contributed by atoms with Crippen molar-refractivity contribution in [3.63, 3.8) is 0 Å². The molecule has 0 aliphatic rings. The Kier molecular flexibility index (Phi) is 3.48. The summed E-state index contributed by atoms with van der Waals surface area (Å²) in [5.41, 5.74) is 2.37. The van der Waals surface area contributed by atoms with Gasteiger partial charge in [-0.1, -0.05) is 13.3 Å². The number of hydrogen-bond donors (Lipinski definition) is 1. The van der Waals surface area contributed by atoms with Crippen LogP contribution in [0.1, 0.15) is 37.2 Å². The summed E-state index contributed by atoms with van der Waals surface area (Å²) < 4.78 is 1.96. The normalized spacial score (nSPS) is 13.2. The summed E-state index contributed by atoms with van der Waals surface area (Å²) in [5, 5.41) is 7.65. The average molecular weight is 181 g/mol. The van der Waals surface area contributed by atoms with Gasteiger partial charge in [0.25, 0.3) is 0 Å². The number of aromatic nitrogens is 2. The van der Waals surface area contributed by atoms with Crippen LogP contribution in [-0.2, 0) is 7.05 Å². The zero-order valence-corrected chi connectivity index (χ0v) is 8.96. The number of rotatable bonds is 4. The van der Waals surface area contributed by atoms with Gasteiger partial charge in [-0.25, -0.2) is 0 Å². The van der Waals surface area contributed by atoms with E-state index in [0.29, 0.717) is 6.04 Å². The molecule has 74 valence electrons. The molecule has 0 fully saturated rings. The quantitative estimate of drug-likeness (QED) is 0.767. The predicted octanol–water partition coefficient (Wildman–Crippen LogP) is 1.79. The van der Waals surface area contributed by atoms with Gasteiger partial charge in [0, 0.05) is 13.1 Å². The van der Waals surface area contributed by atoms with Crippen LogP contribution in [0.15, 0.2) is 6.07 Å². The highest BCUT2D eigenvalue weighted by molar-refractivity contribution is 5.12. The van der Waals surface area contributed by atoms with Crippen molar-refractivity contribution in [2.75, 3.05) is 7.05 Å². The predicted molar refractivity (Wildman–Crippen MR) is 54.7 cm³/mol. The highest BCUT2D eigenvalue weighted by Gasteiger charge is 2.12. The third-order valence-corrected chi connectivity index (χ3v) is 2.32. The smallest absolute Gasteiger partial charge is 0.0597 e. The first-order valence-corrected chi connectivity index (χ1v) is 4.86. The summed E-state index contributed by atoms with van der Waals surface area (Å²) in [6.45, 7) is 4.23. The van der Waals surface area contributed by atoms with E-state index in [4.69, 9.17) is 0 Å². The molecule has 0 amide bonds. The van der Waals surface area contributed by atoms with Crippen LogP contribution in [0.25, 0.3) is 0 Å². The molecule has 0 saturated carbocycles. The molecule has 0 saturated heterocycles. The zero-order valence-electron chi connectivity index (χ0n) is 8.96. The average Bonchev–Trinajstić information content (AvgIpc) is 2.41. The largest absolute Gasteiger partial charge is 0.312 e. The van der Waals surface area contributed by atoms with Gasteiger partial charge >= 0.3 is 0 Å². The summed E-state index contributed by atoms with van der Waals surface area (Å²) in [6.07, 6.45) is 2.35. The standard InChI is InChI=1S/C10H19N3/c1-5-6-9(11-3)10-7-8(2)12-13(10)4/h7,9,11H,5-6H2,1-4H3. The van der Waals surface area contributed by atoms with Crippen molar-refractivity contribution in [1.82, 2.24) is 15.1 Å². The molecule has 3 nitrogen and oxygen atoms in total. The molecule has 1 heterocycles. The number of nitrogens with zero attached hydrogens (tertiary/aromatic N) is 2. The van der Waals surface area contributed by atoms with Crippen LogP contribution in [0.3, 0.4) is 0 Å². The first-order chi connectivity index (χ1) is 6.19. The van der Waals surface area contributed by atoms with E-state index in [0.717, 1.165) is 12.1 Å². The minimum Gasteiger partial charge on any atom is -0.312 e. The maximum absolute atomic E-state index is 4.34. The highest BCUT2D eigenvalue weighted by atomic mass is 15.3. The Morgan fingerprint density at radius 2 is 2.31 bits per heavy atom. The van der Waals surface area contributed by atoms with Crippen molar-refractivity contribution in [2.24, 2.45) is 7.05 Å². The molecule has 1 unspecified atom stereocenters. The van der Waals surface area contributed by atoms with Gasteiger partial charge in [-0.05, 0) is 26.5 Å². The molecule has 1 aromatic heterocycles. The van der Waals surface area contributed by atoms with E-state index in [1.165, 1.54) is 12.1 Å². The molecule has 0 aliphatic heterocycles. The summed E-state index contributed by atoms with van der Waals surface area (Å²) in [6, 6.07) is 2.59. The van der Waals surface area contributed by atoms with Gasteiger partial charge in [0.05, 0.1) is 11.4 Å². The van der Waals surface area contributed by atoms with Gasteiger partial charge < -0.3 is 5.32 Å². The maximum Gasteiger partial charge on any atom is 0.0597 e. The summed E-state index contributed by atoms with van der Waals surface area (Å²) in [5.74, 6) is 0. The van der Waals surface area contributed by atoms with Crippen molar-refractivity contribution in [3.8, 4) is 0 Å². The van der Waals surface area contributed by atoms with Crippen LogP contribution in [0.4, 0.5) is 0 Å². The lowest BCUT2D eigenvalue weighted by Crippen LogP contribution is -2.19. The fourth-order valence-electron chi connectivity index (χ4n) is 1.69. The van der Waals surface area contributed by atoms with Crippen LogP contribution in [0.5, 0.6) is 0 Å². The van der Waals surface area contributed by atoms with E-state index in [9.17, 15) is 0 Å². The molecule has 1 atom stereocenters. The topological polar surface area (TPSA) is 29.9 Å². The monoisotopic (exact) mass is 181 g/mol. The highest BCUT2D eigenvalue weighted by Crippen LogP contribution is 2.17. The minimum absolute atomic E-state index is 0.441.